The van der Waals surface area contributed by atoms with E-state index >= 15 is 0 Å². The predicted octanol–water partition coefficient (Wildman–Crippen LogP) is 3.61. The van der Waals surface area contributed by atoms with Gasteiger partial charge in [0.2, 0.25) is 0 Å². The minimum absolute atomic E-state index is 0.0623. The molecule has 1 atom stereocenters. The zero-order valence-corrected chi connectivity index (χ0v) is 18.6. The van der Waals surface area contributed by atoms with Crippen LogP contribution in [0.1, 0.15) is 36.4 Å². The first-order chi connectivity index (χ1) is 15.0. The highest BCUT2D eigenvalue weighted by Crippen LogP contribution is 2.31. The molecule has 0 saturated carbocycles. The SMILES string of the molecule is CN1CCCc2cc(C(CNC(=O)C(=O)Nc3ccc(Cl)cc3)N3CCCC3)ccc21. The Balaban J connectivity index is 1.44. The molecule has 2 aliphatic rings. The molecule has 31 heavy (non-hydrogen) atoms. The van der Waals surface area contributed by atoms with Gasteiger partial charge in [0, 0.05) is 36.5 Å². The maximum Gasteiger partial charge on any atom is 0.313 e. The molecule has 4 rings (SSSR count). The quantitative estimate of drug-likeness (QED) is 0.697. The maximum atomic E-state index is 12.5. The van der Waals surface area contributed by atoms with Crippen LogP contribution in [0.15, 0.2) is 42.5 Å². The van der Waals surface area contributed by atoms with Gasteiger partial charge in [0.15, 0.2) is 0 Å². The number of anilines is 2. The number of fused-ring (bicyclic) bond motifs is 1. The second kappa shape index (κ2) is 9.71. The number of nitrogens with zero attached hydrogens (tertiary/aromatic N) is 2. The maximum absolute atomic E-state index is 12.5. The Morgan fingerprint density at radius 3 is 2.48 bits per heavy atom. The predicted molar refractivity (Wildman–Crippen MR) is 125 cm³/mol. The molecule has 2 heterocycles. The number of benzene rings is 2. The van der Waals surface area contributed by atoms with Crippen molar-refractivity contribution in [3.05, 3.63) is 58.6 Å². The summed E-state index contributed by atoms with van der Waals surface area (Å²) in [5.74, 6) is -1.30. The average Bonchev–Trinajstić information content (AvgIpc) is 3.30. The molecule has 7 heteroatoms. The number of carbonyl (C=O) groups is 2. The normalized spacial score (nSPS) is 17.2. The molecule has 2 aromatic rings. The molecule has 2 aromatic carbocycles. The molecule has 0 aliphatic carbocycles. The Morgan fingerprint density at radius 1 is 1.00 bits per heavy atom. The zero-order valence-electron chi connectivity index (χ0n) is 17.9. The summed E-state index contributed by atoms with van der Waals surface area (Å²) in [6.45, 7) is 3.51. The van der Waals surface area contributed by atoms with Crippen LogP contribution in [0.3, 0.4) is 0 Å². The summed E-state index contributed by atoms with van der Waals surface area (Å²) in [6.07, 6.45) is 4.56. The minimum atomic E-state index is -0.672. The van der Waals surface area contributed by atoms with Gasteiger partial charge in [0.25, 0.3) is 0 Å². The van der Waals surface area contributed by atoms with E-state index in [9.17, 15) is 9.59 Å². The summed E-state index contributed by atoms with van der Waals surface area (Å²) in [6, 6.07) is 13.4. The summed E-state index contributed by atoms with van der Waals surface area (Å²) in [4.78, 5) is 29.5. The van der Waals surface area contributed by atoms with Gasteiger partial charge in [-0.2, -0.15) is 0 Å². The van der Waals surface area contributed by atoms with E-state index in [0.29, 0.717) is 17.3 Å². The summed E-state index contributed by atoms with van der Waals surface area (Å²) in [7, 11) is 2.13. The molecule has 0 bridgehead atoms. The van der Waals surface area contributed by atoms with E-state index in [2.05, 4.69) is 45.7 Å². The van der Waals surface area contributed by atoms with Gasteiger partial charge in [-0.25, -0.2) is 0 Å². The fourth-order valence-electron chi connectivity index (χ4n) is 4.51. The van der Waals surface area contributed by atoms with Crippen LogP contribution in [-0.4, -0.2) is 49.9 Å². The number of hydrogen-bond acceptors (Lipinski definition) is 4. The molecule has 1 unspecified atom stereocenters. The van der Waals surface area contributed by atoms with E-state index < -0.39 is 11.8 Å². The van der Waals surface area contributed by atoms with E-state index in [1.165, 1.54) is 16.8 Å². The summed E-state index contributed by atoms with van der Waals surface area (Å²) in [5.41, 5.74) is 4.40. The third-order valence-electron chi connectivity index (χ3n) is 6.18. The highest BCUT2D eigenvalue weighted by Gasteiger charge is 2.26. The van der Waals surface area contributed by atoms with Crippen LogP contribution in [-0.2, 0) is 16.0 Å². The van der Waals surface area contributed by atoms with E-state index in [1.807, 2.05) is 0 Å². The molecule has 2 N–H and O–H groups in total. The van der Waals surface area contributed by atoms with Crippen molar-refractivity contribution in [2.24, 2.45) is 0 Å². The number of nitrogens with one attached hydrogen (secondary N) is 2. The molecule has 0 spiro atoms. The fraction of sp³-hybridized carbons (Fsp3) is 0.417. The van der Waals surface area contributed by atoms with Gasteiger partial charge in [0.1, 0.15) is 0 Å². The largest absolute Gasteiger partial charge is 0.374 e. The molecule has 0 radical (unpaired) electrons. The van der Waals surface area contributed by atoms with E-state index in [4.69, 9.17) is 11.6 Å². The Hall–Kier alpha value is -2.57. The number of halogens is 1. The van der Waals surface area contributed by atoms with Crippen molar-refractivity contribution in [2.75, 3.05) is 43.4 Å². The van der Waals surface area contributed by atoms with E-state index in [1.54, 1.807) is 24.3 Å². The van der Waals surface area contributed by atoms with Gasteiger partial charge in [-0.15, -0.1) is 0 Å². The molecule has 2 aliphatic heterocycles. The Morgan fingerprint density at radius 2 is 1.74 bits per heavy atom. The molecule has 1 saturated heterocycles. The summed E-state index contributed by atoms with van der Waals surface area (Å²) >= 11 is 5.87. The number of aryl methyl sites for hydroxylation is 1. The highest BCUT2D eigenvalue weighted by molar-refractivity contribution is 6.39. The standard InChI is InChI=1S/C24H29ClN4O2/c1-28-12-4-5-17-15-18(6-11-21(17)28)22(29-13-2-3-14-29)16-26-23(30)24(31)27-20-9-7-19(25)8-10-20/h6-11,15,22H,2-5,12-14,16H2,1H3,(H,26,30)(H,27,31). The number of amides is 2. The number of hydrogen-bond donors (Lipinski definition) is 2. The van der Waals surface area contributed by atoms with Crippen LogP contribution in [0, 0.1) is 0 Å². The van der Waals surface area contributed by atoms with Crippen molar-refractivity contribution >= 4 is 34.8 Å². The van der Waals surface area contributed by atoms with Crippen molar-refractivity contribution in [1.29, 1.82) is 0 Å². The van der Waals surface area contributed by atoms with Gasteiger partial charge in [0.05, 0.1) is 6.04 Å². The van der Waals surface area contributed by atoms with Gasteiger partial charge in [-0.05, 0) is 80.2 Å². The second-order valence-electron chi connectivity index (χ2n) is 8.34. The molecule has 6 nitrogen and oxygen atoms in total. The first kappa shape index (κ1) is 21.7. The Labute approximate surface area is 188 Å². The van der Waals surface area contributed by atoms with Gasteiger partial charge >= 0.3 is 11.8 Å². The summed E-state index contributed by atoms with van der Waals surface area (Å²) in [5, 5.41) is 6.04. The third-order valence-corrected chi connectivity index (χ3v) is 6.44. The molecular formula is C24H29ClN4O2. The van der Waals surface area contributed by atoms with Crippen LogP contribution >= 0.6 is 11.6 Å². The van der Waals surface area contributed by atoms with E-state index in [-0.39, 0.29) is 6.04 Å². The van der Waals surface area contributed by atoms with Crippen molar-refractivity contribution in [3.63, 3.8) is 0 Å². The number of likely N-dealkylation sites (tertiary alicyclic amines) is 1. The minimum Gasteiger partial charge on any atom is -0.374 e. The Bertz CT molecular complexity index is 941. The van der Waals surface area contributed by atoms with Crippen LogP contribution < -0.4 is 15.5 Å². The fourth-order valence-corrected chi connectivity index (χ4v) is 4.64. The molecular weight excluding hydrogens is 412 g/mol. The lowest BCUT2D eigenvalue weighted by Crippen LogP contribution is -2.41. The molecule has 1 fully saturated rings. The van der Waals surface area contributed by atoms with Crippen LogP contribution in [0.25, 0.3) is 0 Å². The van der Waals surface area contributed by atoms with Gasteiger partial charge in [-0.3, -0.25) is 14.5 Å². The smallest absolute Gasteiger partial charge is 0.313 e. The van der Waals surface area contributed by atoms with Crippen molar-refractivity contribution in [1.82, 2.24) is 10.2 Å². The van der Waals surface area contributed by atoms with Crippen molar-refractivity contribution in [2.45, 2.75) is 31.7 Å². The highest BCUT2D eigenvalue weighted by atomic mass is 35.5. The zero-order chi connectivity index (χ0) is 21.8. The van der Waals surface area contributed by atoms with E-state index in [0.717, 1.165) is 45.3 Å². The molecule has 2 amide bonds. The lowest BCUT2D eigenvalue weighted by molar-refractivity contribution is -0.136. The lowest BCUT2D eigenvalue weighted by atomic mass is 9.96. The van der Waals surface area contributed by atoms with Crippen molar-refractivity contribution in [3.8, 4) is 0 Å². The van der Waals surface area contributed by atoms with Crippen LogP contribution in [0.5, 0.6) is 0 Å². The van der Waals surface area contributed by atoms with Crippen LogP contribution in [0.4, 0.5) is 11.4 Å². The first-order valence-corrected chi connectivity index (χ1v) is 11.3. The van der Waals surface area contributed by atoms with Gasteiger partial charge < -0.3 is 15.5 Å². The molecule has 0 aromatic heterocycles. The Kier molecular flexibility index (Phi) is 6.78. The third kappa shape index (κ3) is 5.20. The van der Waals surface area contributed by atoms with Crippen molar-refractivity contribution < 1.29 is 9.59 Å². The summed E-state index contributed by atoms with van der Waals surface area (Å²) < 4.78 is 0. The lowest BCUT2D eigenvalue weighted by Gasteiger charge is -2.31. The first-order valence-electron chi connectivity index (χ1n) is 10.9. The average molecular weight is 441 g/mol. The number of rotatable bonds is 5. The topological polar surface area (TPSA) is 64.7 Å². The number of carbonyl (C=O) groups excluding carboxylic acids is 2. The monoisotopic (exact) mass is 440 g/mol. The molecule has 164 valence electrons. The van der Waals surface area contributed by atoms with Gasteiger partial charge in [-0.1, -0.05) is 23.7 Å². The van der Waals surface area contributed by atoms with Crippen LogP contribution in [0.2, 0.25) is 5.02 Å². The second-order valence-corrected chi connectivity index (χ2v) is 8.78.